The fourth-order valence-corrected chi connectivity index (χ4v) is 5.06. The lowest BCUT2D eigenvalue weighted by Gasteiger charge is -2.22. The van der Waals surface area contributed by atoms with Crippen LogP contribution in [0.5, 0.6) is 0 Å². The van der Waals surface area contributed by atoms with Crippen LogP contribution in [0.4, 0.5) is 10.6 Å². The normalized spacial score (nSPS) is 21.6. The first-order valence-electron chi connectivity index (χ1n) is 8.82. The second-order valence-electron chi connectivity index (χ2n) is 6.93. The first-order valence-corrected chi connectivity index (χ1v) is 9.64. The zero-order chi connectivity index (χ0) is 18.6. The van der Waals surface area contributed by atoms with Gasteiger partial charge in [0.15, 0.2) is 5.82 Å². The molecular formula is C19H17N5O2S. The number of fused-ring (bicyclic) bond motifs is 3. The predicted octanol–water partition coefficient (Wildman–Crippen LogP) is 2.97. The molecule has 3 amide bonds. The number of aryl methyl sites for hydroxylation is 2. The smallest absolute Gasteiger partial charge is 0.318 e. The molecule has 2 aromatic heterocycles. The van der Waals surface area contributed by atoms with Crippen LogP contribution in [0.1, 0.15) is 29.3 Å². The Balaban J connectivity index is 1.53. The minimum Gasteiger partial charge on any atom is -0.318 e. The van der Waals surface area contributed by atoms with Crippen molar-refractivity contribution in [1.82, 2.24) is 20.3 Å². The van der Waals surface area contributed by atoms with E-state index in [2.05, 4.69) is 20.7 Å². The third-order valence-electron chi connectivity index (χ3n) is 5.26. The molecule has 3 aromatic rings. The van der Waals surface area contributed by atoms with Crippen LogP contribution in [0.15, 0.2) is 36.7 Å². The van der Waals surface area contributed by atoms with E-state index >= 15 is 0 Å². The predicted molar refractivity (Wildman–Crippen MR) is 102 cm³/mol. The molecule has 27 heavy (non-hydrogen) atoms. The van der Waals surface area contributed by atoms with Gasteiger partial charge in [0.25, 0.3) is 5.91 Å². The van der Waals surface area contributed by atoms with Crippen LogP contribution in [-0.2, 0) is 23.2 Å². The van der Waals surface area contributed by atoms with E-state index in [-0.39, 0.29) is 5.91 Å². The molecule has 1 aromatic carbocycles. The van der Waals surface area contributed by atoms with Gasteiger partial charge in [0.05, 0.1) is 5.39 Å². The molecule has 5 rings (SSSR count). The highest BCUT2D eigenvalue weighted by atomic mass is 32.1. The highest BCUT2D eigenvalue weighted by Crippen LogP contribution is 2.39. The number of nitrogens with one attached hydrogen (secondary N) is 2. The molecule has 1 atom stereocenters. The lowest BCUT2D eigenvalue weighted by atomic mass is 9.92. The van der Waals surface area contributed by atoms with Crippen LogP contribution in [0, 0.1) is 0 Å². The number of hydrogen-bond donors (Lipinski definition) is 2. The minimum absolute atomic E-state index is 0.364. The van der Waals surface area contributed by atoms with Crippen molar-refractivity contribution in [2.45, 2.75) is 31.7 Å². The minimum atomic E-state index is -1.12. The molecule has 1 aliphatic carbocycles. The van der Waals surface area contributed by atoms with E-state index in [0.717, 1.165) is 40.1 Å². The van der Waals surface area contributed by atoms with E-state index in [1.54, 1.807) is 18.3 Å². The highest BCUT2D eigenvalue weighted by molar-refractivity contribution is 7.19. The van der Waals surface area contributed by atoms with E-state index in [4.69, 9.17) is 0 Å². The van der Waals surface area contributed by atoms with Crippen molar-refractivity contribution >= 4 is 39.3 Å². The van der Waals surface area contributed by atoms with Gasteiger partial charge in [-0.3, -0.25) is 10.2 Å². The van der Waals surface area contributed by atoms with E-state index in [1.165, 1.54) is 16.8 Å². The molecule has 2 aliphatic rings. The number of hydrogen-bond acceptors (Lipinski definition) is 6. The fraction of sp³-hybridized carbons (Fsp3) is 0.263. The van der Waals surface area contributed by atoms with Crippen LogP contribution >= 0.6 is 11.3 Å². The topological polar surface area (TPSA) is 87.2 Å². The Morgan fingerprint density at radius 3 is 2.81 bits per heavy atom. The number of hydrazine groups is 1. The summed E-state index contributed by atoms with van der Waals surface area (Å²) in [7, 11) is 0. The average molecular weight is 379 g/mol. The maximum absolute atomic E-state index is 13.1. The van der Waals surface area contributed by atoms with Crippen molar-refractivity contribution in [2.24, 2.45) is 0 Å². The SMILES string of the molecule is CC1(c2ccccc2)NC(=O)N(Nc2ncnc3sc4c(c23)CCC4)C1=O. The molecule has 0 bridgehead atoms. The lowest BCUT2D eigenvalue weighted by Crippen LogP contribution is -2.41. The number of carbonyl (C=O) groups excluding carboxylic acids is 2. The Bertz CT molecular complexity index is 1080. The number of carbonyl (C=O) groups is 2. The van der Waals surface area contributed by atoms with Gasteiger partial charge >= 0.3 is 6.03 Å². The zero-order valence-corrected chi connectivity index (χ0v) is 15.5. The Labute approximate surface area is 159 Å². The molecule has 136 valence electrons. The fourth-order valence-electron chi connectivity index (χ4n) is 3.83. The summed E-state index contributed by atoms with van der Waals surface area (Å²) < 4.78 is 0. The molecule has 1 saturated heterocycles. The lowest BCUT2D eigenvalue weighted by molar-refractivity contribution is -0.130. The van der Waals surface area contributed by atoms with Crippen LogP contribution < -0.4 is 10.7 Å². The van der Waals surface area contributed by atoms with Gasteiger partial charge in [0, 0.05) is 4.88 Å². The molecule has 1 fully saturated rings. The summed E-state index contributed by atoms with van der Waals surface area (Å²) in [6.45, 7) is 1.71. The standard InChI is InChI=1S/C19H17N5O2S/c1-19(11-6-3-2-4-7-11)17(25)24(18(26)22-19)23-15-14-12-8-5-9-13(12)27-16(14)21-10-20-15/h2-4,6-7,10H,5,8-9H2,1H3,(H,22,26)(H,20,21,23). The maximum Gasteiger partial charge on any atom is 0.344 e. The summed E-state index contributed by atoms with van der Waals surface area (Å²) in [5, 5.41) is 4.74. The van der Waals surface area contributed by atoms with Crippen LogP contribution in [-0.4, -0.2) is 26.9 Å². The van der Waals surface area contributed by atoms with Gasteiger partial charge in [-0.15, -0.1) is 11.3 Å². The van der Waals surface area contributed by atoms with E-state index in [9.17, 15) is 9.59 Å². The molecule has 3 heterocycles. The summed E-state index contributed by atoms with van der Waals surface area (Å²) >= 11 is 1.66. The molecular weight excluding hydrogens is 362 g/mol. The van der Waals surface area contributed by atoms with Gasteiger partial charge in [-0.05, 0) is 37.3 Å². The second-order valence-corrected chi connectivity index (χ2v) is 8.02. The Kier molecular flexibility index (Phi) is 3.45. The molecule has 1 unspecified atom stereocenters. The van der Waals surface area contributed by atoms with Crippen molar-refractivity contribution in [3.8, 4) is 0 Å². The molecule has 2 N–H and O–H groups in total. The maximum atomic E-state index is 13.1. The number of nitrogens with zero attached hydrogens (tertiary/aromatic N) is 3. The highest BCUT2D eigenvalue weighted by Gasteiger charge is 2.49. The summed E-state index contributed by atoms with van der Waals surface area (Å²) in [6, 6.07) is 8.73. The molecule has 7 nitrogen and oxygen atoms in total. The number of anilines is 1. The largest absolute Gasteiger partial charge is 0.344 e. The molecule has 0 saturated carbocycles. The van der Waals surface area contributed by atoms with Crippen LogP contribution in [0.3, 0.4) is 0 Å². The summed E-state index contributed by atoms with van der Waals surface area (Å²) in [4.78, 5) is 36.5. The van der Waals surface area contributed by atoms with Crippen molar-refractivity contribution in [2.75, 3.05) is 5.43 Å². The monoisotopic (exact) mass is 379 g/mol. The Hall–Kier alpha value is -3.00. The van der Waals surface area contributed by atoms with E-state index in [0.29, 0.717) is 5.82 Å². The third kappa shape index (κ3) is 2.33. The van der Waals surface area contributed by atoms with E-state index in [1.807, 2.05) is 30.3 Å². The summed E-state index contributed by atoms with van der Waals surface area (Å²) in [5.74, 6) is 0.137. The number of benzene rings is 1. The van der Waals surface area contributed by atoms with Gasteiger partial charge < -0.3 is 5.32 Å². The number of amides is 3. The van der Waals surface area contributed by atoms with Gasteiger partial charge in [-0.2, -0.15) is 5.01 Å². The van der Waals surface area contributed by atoms with Gasteiger partial charge in [-0.1, -0.05) is 30.3 Å². The van der Waals surface area contributed by atoms with Crippen LogP contribution in [0.2, 0.25) is 0 Å². The number of rotatable bonds is 3. The van der Waals surface area contributed by atoms with Crippen molar-refractivity contribution < 1.29 is 9.59 Å². The Morgan fingerprint density at radius 1 is 1.19 bits per heavy atom. The first kappa shape index (κ1) is 16.2. The van der Waals surface area contributed by atoms with Crippen LogP contribution in [0.25, 0.3) is 10.2 Å². The second kappa shape index (κ2) is 5.75. The van der Waals surface area contributed by atoms with E-state index < -0.39 is 11.6 Å². The van der Waals surface area contributed by atoms with Crippen molar-refractivity contribution in [1.29, 1.82) is 0 Å². The molecule has 0 radical (unpaired) electrons. The van der Waals surface area contributed by atoms with Crippen molar-refractivity contribution in [3.05, 3.63) is 52.7 Å². The zero-order valence-electron chi connectivity index (χ0n) is 14.7. The number of thiophene rings is 1. The first-order chi connectivity index (χ1) is 13.1. The quantitative estimate of drug-likeness (QED) is 0.683. The number of aromatic nitrogens is 2. The van der Waals surface area contributed by atoms with Gasteiger partial charge in [0.2, 0.25) is 0 Å². The molecule has 0 spiro atoms. The summed E-state index contributed by atoms with van der Waals surface area (Å²) in [6.07, 6.45) is 4.59. The van der Waals surface area contributed by atoms with Gasteiger partial charge in [-0.25, -0.2) is 14.8 Å². The molecule has 8 heteroatoms. The average Bonchev–Trinajstić information content (AvgIpc) is 3.32. The summed E-state index contributed by atoms with van der Waals surface area (Å²) in [5.41, 5.74) is 3.80. The number of urea groups is 1. The van der Waals surface area contributed by atoms with Crippen molar-refractivity contribution in [3.63, 3.8) is 0 Å². The molecule has 1 aliphatic heterocycles. The Morgan fingerprint density at radius 2 is 2.00 bits per heavy atom. The van der Waals surface area contributed by atoms with Gasteiger partial charge in [0.1, 0.15) is 16.7 Å². The third-order valence-corrected chi connectivity index (χ3v) is 6.46. The number of imide groups is 1.